The Labute approximate surface area is 189 Å². The van der Waals surface area contributed by atoms with Gasteiger partial charge in [0, 0.05) is 24.2 Å². The van der Waals surface area contributed by atoms with Crippen molar-refractivity contribution in [2.24, 2.45) is 11.8 Å². The number of aromatic nitrogens is 2. The highest BCUT2D eigenvalue weighted by Gasteiger charge is 2.39. The molecule has 0 bridgehead atoms. The van der Waals surface area contributed by atoms with Gasteiger partial charge in [-0.1, -0.05) is 32.0 Å². The van der Waals surface area contributed by atoms with Crippen molar-refractivity contribution in [2.45, 2.75) is 56.2 Å². The van der Waals surface area contributed by atoms with Crippen LogP contribution in [0.15, 0.2) is 29.2 Å². The second-order valence-corrected chi connectivity index (χ2v) is 11.6. The molecule has 5 rings (SSSR count). The fraction of sp³-hybridized carbons (Fsp3) is 0.583. The molecule has 0 N–H and O–H groups in total. The Morgan fingerprint density at radius 2 is 1.78 bits per heavy atom. The second kappa shape index (κ2) is 8.30. The minimum atomic E-state index is -3.53. The zero-order valence-electron chi connectivity index (χ0n) is 18.8. The molecule has 1 aromatic heterocycles. The van der Waals surface area contributed by atoms with Crippen LogP contribution in [0.3, 0.4) is 0 Å². The van der Waals surface area contributed by atoms with Gasteiger partial charge in [0.1, 0.15) is 0 Å². The maximum Gasteiger partial charge on any atom is 0.274 e. The van der Waals surface area contributed by atoms with E-state index < -0.39 is 9.84 Å². The summed E-state index contributed by atoms with van der Waals surface area (Å²) in [5.74, 6) is 1.01. The third kappa shape index (κ3) is 3.67. The molecule has 1 aliphatic carbocycles. The number of nitrogens with zero attached hydrogens (tertiary/aromatic N) is 3. The van der Waals surface area contributed by atoms with Gasteiger partial charge < -0.3 is 9.64 Å². The van der Waals surface area contributed by atoms with E-state index >= 15 is 0 Å². The van der Waals surface area contributed by atoms with Gasteiger partial charge >= 0.3 is 0 Å². The first kappa shape index (κ1) is 21.6. The maximum absolute atomic E-state index is 13.4. The monoisotopic (exact) mass is 457 g/mol. The number of fused-ring (bicyclic) bond motifs is 3. The molecule has 0 spiro atoms. The van der Waals surface area contributed by atoms with Crippen molar-refractivity contribution in [3.63, 3.8) is 0 Å². The quantitative estimate of drug-likeness (QED) is 0.702. The van der Waals surface area contributed by atoms with Crippen LogP contribution >= 0.6 is 0 Å². The van der Waals surface area contributed by atoms with E-state index in [1.54, 1.807) is 17.0 Å². The normalized spacial score (nSPS) is 24.8. The predicted molar refractivity (Wildman–Crippen MR) is 121 cm³/mol. The molecule has 0 radical (unpaired) electrons. The van der Waals surface area contributed by atoms with Crippen molar-refractivity contribution >= 4 is 15.7 Å². The molecule has 172 valence electrons. The van der Waals surface area contributed by atoms with Crippen molar-refractivity contribution in [1.82, 2.24) is 14.7 Å². The molecule has 1 saturated carbocycles. The highest BCUT2D eigenvalue weighted by Crippen LogP contribution is 2.44. The zero-order valence-corrected chi connectivity index (χ0v) is 19.6. The molecule has 32 heavy (non-hydrogen) atoms. The Kier molecular flexibility index (Phi) is 5.61. The summed E-state index contributed by atoms with van der Waals surface area (Å²) in [5.41, 5.74) is 2.35. The SMILES string of the molecule is CC(C)C1CCC(n2nc(C(=O)N3CCOCC3)c3c2-c2ccccc2S(=O)(=O)C3)CC1. The van der Waals surface area contributed by atoms with Crippen molar-refractivity contribution in [2.75, 3.05) is 26.3 Å². The molecule has 2 fully saturated rings. The molecule has 2 aliphatic heterocycles. The highest BCUT2D eigenvalue weighted by molar-refractivity contribution is 7.90. The summed E-state index contributed by atoms with van der Waals surface area (Å²) in [5, 5.41) is 4.85. The average molecular weight is 458 g/mol. The third-order valence-corrected chi connectivity index (χ3v) is 9.05. The number of carbonyl (C=O) groups excluding carboxylic acids is 1. The van der Waals surface area contributed by atoms with Gasteiger partial charge in [-0.05, 0) is 43.6 Å². The summed E-state index contributed by atoms with van der Waals surface area (Å²) in [6.45, 7) is 6.55. The molecule has 2 aromatic rings. The molecule has 1 saturated heterocycles. The minimum absolute atomic E-state index is 0.175. The van der Waals surface area contributed by atoms with Gasteiger partial charge in [0.05, 0.1) is 35.6 Å². The lowest BCUT2D eigenvalue weighted by Gasteiger charge is -2.32. The van der Waals surface area contributed by atoms with Crippen LogP contribution in [0.4, 0.5) is 0 Å². The predicted octanol–water partition coefficient (Wildman–Crippen LogP) is 3.70. The van der Waals surface area contributed by atoms with Crippen molar-refractivity contribution in [3.8, 4) is 11.3 Å². The number of sulfone groups is 1. The van der Waals surface area contributed by atoms with Crippen LogP contribution in [0.5, 0.6) is 0 Å². The van der Waals surface area contributed by atoms with Crippen LogP contribution in [0, 0.1) is 11.8 Å². The number of benzene rings is 1. The van der Waals surface area contributed by atoms with Gasteiger partial charge in [-0.25, -0.2) is 8.42 Å². The lowest BCUT2D eigenvalue weighted by molar-refractivity contribution is 0.0297. The van der Waals surface area contributed by atoms with Crippen molar-refractivity contribution in [3.05, 3.63) is 35.5 Å². The van der Waals surface area contributed by atoms with E-state index in [-0.39, 0.29) is 17.7 Å². The number of rotatable bonds is 3. The van der Waals surface area contributed by atoms with Crippen molar-refractivity contribution < 1.29 is 17.9 Å². The van der Waals surface area contributed by atoms with Crippen molar-refractivity contribution in [1.29, 1.82) is 0 Å². The number of ether oxygens (including phenoxy) is 1. The molecule has 0 unspecified atom stereocenters. The van der Waals surface area contributed by atoms with E-state index in [9.17, 15) is 13.2 Å². The smallest absolute Gasteiger partial charge is 0.274 e. The third-order valence-electron chi connectivity index (χ3n) is 7.35. The Morgan fingerprint density at radius 3 is 2.47 bits per heavy atom. The summed E-state index contributed by atoms with van der Waals surface area (Å²) < 4.78 is 33.6. The van der Waals surface area contributed by atoms with E-state index in [4.69, 9.17) is 9.84 Å². The molecular weight excluding hydrogens is 426 g/mol. The van der Waals surface area contributed by atoms with Crippen LogP contribution in [0.25, 0.3) is 11.3 Å². The average Bonchev–Trinajstić information content (AvgIpc) is 3.18. The highest BCUT2D eigenvalue weighted by atomic mass is 32.2. The Balaban J connectivity index is 1.61. The number of morpholine rings is 1. The number of hydrogen-bond acceptors (Lipinski definition) is 5. The zero-order chi connectivity index (χ0) is 22.5. The van der Waals surface area contributed by atoms with Crippen LogP contribution in [0.2, 0.25) is 0 Å². The second-order valence-electron chi connectivity index (χ2n) is 9.59. The molecule has 0 atom stereocenters. The van der Waals surface area contributed by atoms with Gasteiger partial charge in [0.2, 0.25) is 0 Å². The minimum Gasteiger partial charge on any atom is -0.378 e. The number of hydrogen-bond donors (Lipinski definition) is 0. The molecular formula is C24H31N3O4S. The first-order valence-corrected chi connectivity index (χ1v) is 13.3. The fourth-order valence-corrected chi connectivity index (χ4v) is 7.05. The van der Waals surface area contributed by atoms with Gasteiger partial charge in [0.15, 0.2) is 15.5 Å². The molecule has 8 heteroatoms. The van der Waals surface area contributed by atoms with Crippen LogP contribution in [0.1, 0.15) is 61.6 Å². The van der Waals surface area contributed by atoms with E-state index in [0.717, 1.165) is 31.4 Å². The summed E-state index contributed by atoms with van der Waals surface area (Å²) in [6.07, 6.45) is 4.25. The van der Waals surface area contributed by atoms with Crippen LogP contribution in [-0.2, 0) is 20.3 Å². The van der Waals surface area contributed by atoms with E-state index in [2.05, 4.69) is 13.8 Å². The summed E-state index contributed by atoms with van der Waals surface area (Å²) in [4.78, 5) is 15.5. The van der Waals surface area contributed by atoms with Gasteiger partial charge in [-0.3, -0.25) is 9.48 Å². The molecule has 3 aliphatic rings. The summed E-state index contributed by atoms with van der Waals surface area (Å²) >= 11 is 0. The number of amides is 1. The standard InChI is InChI=1S/C24H31N3O4S/c1-16(2)17-7-9-18(10-8-17)27-23-19-5-3-4-6-21(19)32(29,30)15-20(23)22(25-27)24(28)26-11-13-31-14-12-26/h3-6,16-18H,7-15H2,1-2H3. The maximum atomic E-state index is 13.4. The largest absolute Gasteiger partial charge is 0.378 e. The van der Waals surface area contributed by atoms with E-state index in [1.165, 1.54) is 0 Å². The Hall–Kier alpha value is -2.19. The van der Waals surface area contributed by atoms with E-state index in [0.29, 0.717) is 59.9 Å². The summed E-state index contributed by atoms with van der Waals surface area (Å²) in [7, 11) is -3.53. The van der Waals surface area contributed by atoms with E-state index in [1.807, 2.05) is 16.8 Å². The topological polar surface area (TPSA) is 81.5 Å². The van der Waals surface area contributed by atoms with Crippen LogP contribution in [-0.4, -0.2) is 55.3 Å². The molecule has 3 heterocycles. The van der Waals surface area contributed by atoms with Crippen LogP contribution < -0.4 is 0 Å². The Morgan fingerprint density at radius 1 is 1.09 bits per heavy atom. The molecule has 7 nitrogen and oxygen atoms in total. The lowest BCUT2D eigenvalue weighted by Crippen LogP contribution is -2.41. The summed E-state index contributed by atoms with van der Waals surface area (Å²) in [6, 6.07) is 7.32. The molecule has 1 aromatic carbocycles. The lowest BCUT2D eigenvalue weighted by atomic mass is 9.79. The van der Waals surface area contributed by atoms with Gasteiger partial charge in [0.25, 0.3) is 5.91 Å². The van der Waals surface area contributed by atoms with Gasteiger partial charge in [-0.15, -0.1) is 0 Å². The molecule has 1 amide bonds. The Bertz CT molecular complexity index is 1120. The number of carbonyl (C=O) groups is 1. The first-order chi connectivity index (χ1) is 15.4. The first-order valence-electron chi connectivity index (χ1n) is 11.7. The van der Waals surface area contributed by atoms with Gasteiger partial charge in [-0.2, -0.15) is 5.10 Å². The fourth-order valence-electron chi connectivity index (χ4n) is 5.46.